The predicted octanol–water partition coefficient (Wildman–Crippen LogP) is 3.12. The van der Waals surface area contributed by atoms with Gasteiger partial charge in [0.15, 0.2) is 5.82 Å². The molecule has 0 aliphatic rings. The first-order valence-electron chi connectivity index (χ1n) is 6.15. The molecule has 1 aromatic heterocycles. The Morgan fingerprint density at radius 2 is 2.00 bits per heavy atom. The summed E-state index contributed by atoms with van der Waals surface area (Å²) in [6.07, 6.45) is 1.19. The molecular formula is C13H15Cl2N3O. The molecular weight excluding hydrogens is 285 g/mol. The summed E-state index contributed by atoms with van der Waals surface area (Å²) in [4.78, 5) is 4.32. The van der Waals surface area contributed by atoms with Crippen LogP contribution in [0.2, 0.25) is 10.0 Å². The Balaban J connectivity index is 2.03. The highest BCUT2D eigenvalue weighted by Gasteiger charge is 2.11. The molecule has 4 nitrogen and oxygen atoms in total. The quantitative estimate of drug-likeness (QED) is 0.833. The third-order valence-electron chi connectivity index (χ3n) is 2.67. The summed E-state index contributed by atoms with van der Waals surface area (Å²) in [6, 6.07) is 5.41. The average molecular weight is 300 g/mol. The van der Waals surface area contributed by atoms with Crippen molar-refractivity contribution in [1.29, 1.82) is 0 Å². The van der Waals surface area contributed by atoms with Gasteiger partial charge in [0.05, 0.1) is 0 Å². The van der Waals surface area contributed by atoms with Gasteiger partial charge in [-0.25, -0.2) is 0 Å². The lowest BCUT2D eigenvalue weighted by molar-refractivity contribution is 0.372. The Kier molecular flexibility index (Phi) is 5.19. The fourth-order valence-corrected chi connectivity index (χ4v) is 2.23. The maximum absolute atomic E-state index is 6.11. The molecule has 0 bridgehead atoms. The van der Waals surface area contributed by atoms with Gasteiger partial charge in [-0.1, -0.05) is 41.3 Å². The summed E-state index contributed by atoms with van der Waals surface area (Å²) in [5.74, 6) is 1.22. The summed E-state index contributed by atoms with van der Waals surface area (Å²) < 4.78 is 5.18. The van der Waals surface area contributed by atoms with E-state index in [4.69, 9.17) is 27.7 Å². The topological polar surface area (TPSA) is 51.0 Å². The van der Waals surface area contributed by atoms with Gasteiger partial charge < -0.3 is 9.84 Å². The molecule has 0 saturated heterocycles. The van der Waals surface area contributed by atoms with Crippen molar-refractivity contribution in [2.75, 3.05) is 13.1 Å². The van der Waals surface area contributed by atoms with Crippen molar-refractivity contribution in [1.82, 2.24) is 15.5 Å². The summed E-state index contributed by atoms with van der Waals surface area (Å²) in [5, 5.41) is 8.38. The normalized spacial score (nSPS) is 10.9. The van der Waals surface area contributed by atoms with Crippen LogP contribution in [0.5, 0.6) is 0 Å². The highest BCUT2D eigenvalue weighted by Crippen LogP contribution is 2.26. The minimum Gasteiger partial charge on any atom is -0.339 e. The summed E-state index contributed by atoms with van der Waals surface area (Å²) in [5.41, 5.74) is 0.824. The first-order valence-corrected chi connectivity index (χ1v) is 6.91. The van der Waals surface area contributed by atoms with Crippen molar-refractivity contribution >= 4 is 23.2 Å². The summed E-state index contributed by atoms with van der Waals surface area (Å²) in [7, 11) is 0. The van der Waals surface area contributed by atoms with Crippen molar-refractivity contribution in [3.63, 3.8) is 0 Å². The molecule has 6 heteroatoms. The second-order valence-electron chi connectivity index (χ2n) is 4.08. The van der Waals surface area contributed by atoms with Crippen LogP contribution in [0.4, 0.5) is 0 Å². The second-order valence-corrected chi connectivity index (χ2v) is 4.90. The number of hydrogen-bond acceptors (Lipinski definition) is 4. The Bertz CT molecular complexity index is 522. The first-order chi connectivity index (χ1) is 9.20. The van der Waals surface area contributed by atoms with Gasteiger partial charge in [0.25, 0.3) is 0 Å². The van der Waals surface area contributed by atoms with E-state index >= 15 is 0 Å². The minimum absolute atomic E-state index is 0.475. The molecule has 2 rings (SSSR count). The fourth-order valence-electron chi connectivity index (χ4n) is 1.69. The molecule has 0 atom stereocenters. The lowest BCUT2D eigenvalue weighted by atomic mass is 10.1. The highest BCUT2D eigenvalue weighted by atomic mass is 35.5. The van der Waals surface area contributed by atoms with Crippen LogP contribution in [0.15, 0.2) is 22.7 Å². The van der Waals surface area contributed by atoms with Gasteiger partial charge in [-0.3, -0.25) is 0 Å². The van der Waals surface area contributed by atoms with E-state index in [1.54, 1.807) is 12.1 Å². The second kappa shape index (κ2) is 6.89. The van der Waals surface area contributed by atoms with Crippen molar-refractivity contribution < 1.29 is 4.52 Å². The van der Waals surface area contributed by atoms with Gasteiger partial charge >= 0.3 is 0 Å². The van der Waals surface area contributed by atoms with Gasteiger partial charge in [0.2, 0.25) is 5.89 Å². The number of benzene rings is 1. The Morgan fingerprint density at radius 1 is 1.26 bits per heavy atom. The molecule has 1 aromatic carbocycles. The third-order valence-corrected chi connectivity index (χ3v) is 3.38. The van der Waals surface area contributed by atoms with Crippen LogP contribution in [0.25, 0.3) is 0 Å². The lowest BCUT2D eigenvalue weighted by Crippen LogP contribution is -2.16. The molecule has 0 radical (unpaired) electrons. The van der Waals surface area contributed by atoms with Gasteiger partial charge in [-0.05, 0) is 24.2 Å². The Morgan fingerprint density at radius 3 is 2.68 bits per heavy atom. The molecule has 0 unspecified atom stereocenters. The SMILES string of the molecule is CCNCCc1nc(Cc2c(Cl)cccc2Cl)no1. The van der Waals surface area contributed by atoms with Crippen molar-refractivity contribution in [3.05, 3.63) is 45.5 Å². The molecule has 0 aliphatic carbocycles. The number of halogens is 2. The van der Waals surface area contributed by atoms with Crippen LogP contribution in [0.1, 0.15) is 24.2 Å². The van der Waals surface area contributed by atoms with Gasteiger partial charge in [0.1, 0.15) is 0 Å². The number of likely N-dealkylation sites (N-methyl/N-ethyl adjacent to an activating group) is 1. The molecule has 0 saturated carbocycles. The van der Waals surface area contributed by atoms with Crippen molar-refractivity contribution in [2.45, 2.75) is 19.8 Å². The van der Waals surface area contributed by atoms with E-state index < -0.39 is 0 Å². The average Bonchev–Trinajstić information content (AvgIpc) is 2.82. The van der Waals surface area contributed by atoms with E-state index in [0.717, 1.165) is 25.1 Å². The van der Waals surface area contributed by atoms with E-state index in [2.05, 4.69) is 22.4 Å². The van der Waals surface area contributed by atoms with Gasteiger partial charge in [-0.15, -0.1) is 0 Å². The molecule has 0 spiro atoms. The summed E-state index contributed by atoms with van der Waals surface area (Å²) in [6.45, 7) is 3.81. The Hall–Kier alpha value is -1.10. The molecule has 0 amide bonds. The standard InChI is InChI=1S/C13H15Cl2N3O/c1-2-16-7-6-13-17-12(18-19-13)8-9-10(14)4-3-5-11(9)15/h3-5,16H,2,6-8H2,1H3. The first kappa shape index (κ1) is 14.3. The van der Waals surface area contributed by atoms with Crippen molar-refractivity contribution in [2.24, 2.45) is 0 Å². The maximum Gasteiger partial charge on any atom is 0.227 e. The number of nitrogens with zero attached hydrogens (tertiary/aromatic N) is 2. The molecule has 1 N–H and O–H groups in total. The lowest BCUT2D eigenvalue weighted by Gasteiger charge is -2.03. The van der Waals surface area contributed by atoms with Crippen LogP contribution >= 0.6 is 23.2 Å². The van der Waals surface area contributed by atoms with Crippen LogP contribution in [-0.4, -0.2) is 23.2 Å². The zero-order valence-electron chi connectivity index (χ0n) is 10.6. The largest absolute Gasteiger partial charge is 0.339 e. The number of hydrogen-bond donors (Lipinski definition) is 1. The van der Waals surface area contributed by atoms with Crippen molar-refractivity contribution in [3.8, 4) is 0 Å². The van der Waals surface area contributed by atoms with E-state index in [-0.39, 0.29) is 0 Å². The van der Waals surface area contributed by atoms with Crippen LogP contribution in [0, 0.1) is 0 Å². The fraction of sp³-hybridized carbons (Fsp3) is 0.385. The van der Waals surface area contributed by atoms with Crippen LogP contribution in [0.3, 0.4) is 0 Å². The predicted molar refractivity (Wildman–Crippen MR) is 75.8 cm³/mol. The van der Waals surface area contributed by atoms with Gasteiger partial charge in [-0.2, -0.15) is 4.98 Å². The third kappa shape index (κ3) is 3.93. The molecule has 0 aliphatic heterocycles. The maximum atomic E-state index is 6.11. The molecule has 1 heterocycles. The number of aromatic nitrogens is 2. The van der Waals surface area contributed by atoms with Gasteiger partial charge in [0, 0.05) is 29.4 Å². The van der Waals surface area contributed by atoms with Crippen LogP contribution < -0.4 is 5.32 Å². The van der Waals surface area contributed by atoms with Crippen LogP contribution in [-0.2, 0) is 12.8 Å². The number of nitrogens with one attached hydrogen (secondary N) is 1. The van der Waals surface area contributed by atoms with E-state index in [1.807, 2.05) is 6.07 Å². The van der Waals surface area contributed by atoms with E-state index in [1.165, 1.54) is 0 Å². The smallest absolute Gasteiger partial charge is 0.227 e. The summed E-state index contributed by atoms with van der Waals surface area (Å²) >= 11 is 12.2. The van der Waals surface area contributed by atoms with E-state index in [0.29, 0.717) is 28.2 Å². The zero-order valence-corrected chi connectivity index (χ0v) is 12.1. The molecule has 102 valence electrons. The molecule has 2 aromatic rings. The highest BCUT2D eigenvalue weighted by molar-refractivity contribution is 6.36. The minimum atomic E-state index is 0.475. The zero-order chi connectivity index (χ0) is 13.7. The number of rotatable bonds is 6. The Labute approximate surface area is 122 Å². The molecule has 19 heavy (non-hydrogen) atoms. The monoisotopic (exact) mass is 299 g/mol. The van der Waals surface area contributed by atoms with E-state index in [9.17, 15) is 0 Å². The molecule has 0 fully saturated rings.